The summed E-state index contributed by atoms with van der Waals surface area (Å²) in [4.78, 5) is 49.9. The molecule has 0 saturated carbocycles. The molecule has 0 spiro atoms. The molecule has 0 radical (unpaired) electrons. The number of fused-ring (bicyclic) bond motifs is 1. The Kier molecular flexibility index (Phi) is 16.6. The highest BCUT2D eigenvalue weighted by Gasteiger charge is 2.41. The van der Waals surface area contributed by atoms with E-state index in [9.17, 15) is 23.7 Å². The molecule has 58 heavy (non-hydrogen) atoms. The summed E-state index contributed by atoms with van der Waals surface area (Å²) in [6.45, 7) is 3.29. The number of ether oxygens (including phenoxy) is 2. The number of nitrogens with zero attached hydrogens (tertiary/aromatic N) is 2. The molecular formula is C42H48Cl2N2O11S. The number of methoxy groups -OCH3 is 2. The summed E-state index contributed by atoms with van der Waals surface area (Å²) in [7, 11) is 4.98. The molecule has 1 aliphatic rings. The van der Waals surface area contributed by atoms with E-state index in [0.29, 0.717) is 39.6 Å². The molecular weight excluding hydrogens is 811 g/mol. The van der Waals surface area contributed by atoms with Gasteiger partial charge in [-0.2, -0.15) is 0 Å². The Labute approximate surface area is 350 Å². The SMILES string of the molecule is COc1cc2ccccc2c(C(=O)N(C)C[C@@H](CCN2CCC(c3ccccc3[S@+](C)[O-])CC2)c2ccc(Cl)c(Cl)c2)c1OC.O=C(O)CC(O)(CC(=O)O)C(=O)O. The van der Waals surface area contributed by atoms with Crippen molar-refractivity contribution in [3.63, 3.8) is 0 Å². The summed E-state index contributed by atoms with van der Waals surface area (Å²) < 4.78 is 23.7. The van der Waals surface area contributed by atoms with Crippen molar-refractivity contribution in [3.8, 4) is 11.5 Å². The van der Waals surface area contributed by atoms with E-state index >= 15 is 0 Å². The van der Waals surface area contributed by atoms with Crippen LogP contribution in [0.3, 0.4) is 0 Å². The lowest BCUT2D eigenvalue weighted by molar-refractivity contribution is -0.170. The number of aliphatic carboxylic acids is 3. The van der Waals surface area contributed by atoms with E-state index in [2.05, 4.69) is 11.0 Å². The fraction of sp³-hybridized carbons (Fsp3) is 0.381. The van der Waals surface area contributed by atoms with Gasteiger partial charge < -0.3 is 44.3 Å². The molecule has 1 fully saturated rings. The smallest absolute Gasteiger partial charge is 0.336 e. The Morgan fingerprint density at radius 3 is 2.10 bits per heavy atom. The Morgan fingerprint density at radius 1 is 0.914 bits per heavy atom. The zero-order chi connectivity index (χ0) is 42.7. The number of amides is 1. The van der Waals surface area contributed by atoms with Crippen LogP contribution in [0.15, 0.2) is 77.7 Å². The molecule has 4 aromatic carbocycles. The van der Waals surface area contributed by atoms with Crippen LogP contribution >= 0.6 is 23.2 Å². The molecule has 1 saturated heterocycles. The van der Waals surface area contributed by atoms with E-state index in [4.69, 9.17) is 53.1 Å². The van der Waals surface area contributed by atoms with E-state index in [1.807, 2.05) is 73.8 Å². The van der Waals surface area contributed by atoms with Crippen molar-refractivity contribution in [1.29, 1.82) is 0 Å². The van der Waals surface area contributed by atoms with Gasteiger partial charge in [-0.05, 0) is 96.6 Å². The number of hydrogen-bond acceptors (Lipinski definition) is 9. The maximum absolute atomic E-state index is 14.2. The van der Waals surface area contributed by atoms with Gasteiger partial charge in [0.05, 0.1) is 42.7 Å². The summed E-state index contributed by atoms with van der Waals surface area (Å²) >= 11 is 11.8. The average molecular weight is 860 g/mol. The normalized spacial score (nSPS) is 14.5. The van der Waals surface area contributed by atoms with Crippen LogP contribution in [-0.4, -0.2) is 118 Å². The van der Waals surface area contributed by atoms with Crippen LogP contribution in [0.25, 0.3) is 10.8 Å². The largest absolute Gasteiger partial charge is 0.612 e. The molecule has 312 valence electrons. The molecule has 0 aliphatic carbocycles. The molecule has 13 nitrogen and oxygen atoms in total. The molecule has 0 aromatic heterocycles. The number of halogens is 2. The second-order valence-corrected chi connectivity index (χ2v) is 16.3. The van der Waals surface area contributed by atoms with Crippen LogP contribution < -0.4 is 9.47 Å². The van der Waals surface area contributed by atoms with Gasteiger partial charge in [-0.3, -0.25) is 14.4 Å². The molecule has 1 heterocycles. The number of aliphatic hydroxyl groups is 1. The minimum atomic E-state index is -2.74. The summed E-state index contributed by atoms with van der Waals surface area (Å²) in [6, 6.07) is 23.5. The topological polar surface area (TPSA) is 197 Å². The molecule has 5 rings (SSSR count). The second-order valence-electron chi connectivity index (χ2n) is 14.1. The minimum Gasteiger partial charge on any atom is -0.612 e. The van der Waals surface area contributed by atoms with Crippen molar-refractivity contribution in [2.75, 3.05) is 53.7 Å². The van der Waals surface area contributed by atoms with Gasteiger partial charge in [-0.1, -0.05) is 71.7 Å². The number of hydrogen-bond donors (Lipinski definition) is 4. The third-order valence-corrected chi connectivity index (χ3v) is 11.9. The number of likely N-dealkylation sites (N-methyl/N-ethyl adjacent to an activating group) is 1. The van der Waals surface area contributed by atoms with E-state index < -0.39 is 47.5 Å². The first-order chi connectivity index (χ1) is 27.5. The Morgan fingerprint density at radius 2 is 1.53 bits per heavy atom. The molecule has 2 atom stereocenters. The van der Waals surface area contributed by atoms with Gasteiger partial charge in [0.2, 0.25) is 0 Å². The van der Waals surface area contributed by atoms with Crippen molar-refractivity contribution in [3.05, 3.63) is 99.5 Å². The fourth-order valence-electron chi connectivity index (χ4n) is 7.20. The number of piperidine rings is 1. The van der Waals surface area contributed by atoms with E-state index in [0.717, 1.165) is 60.1 Å². The standard InChI is InChI=1S/C36H40Cl2N2O4S.C6H8O7/c1-39(36(41)34-29-11-6-5-9-26(29)22-32(43-2)35(34)44-3)23-27(25-13-14-30(37)31(38)21-25)17-20-40-18-15-24(16-19-40)28-10-7-8-12-33(28)45(4)42;7-3(8)1-6(13,5(11)12)2-4(9)10/h5-14,21-22,24,27H,15-20,23H2,1-4H3;13H,1-2H2,(H,7,8)(H,9,10)(H,11,12)/t27-,45+;/m1./s1. The number of carbonyl (C=O) groups is 4. The van der Waals surface area contributed by atoms with Crippen LogP contribution in [0.1, 0.15) is 65.4 Å². The number of likely N-dealkylation sites (tertiary alicyclic amines) is 1. The van der Waals surface area contributed by atoms with Gasteiger partial charge in [0.1, 0.15) is 6.26 Å². The number of carbonyl (C=O) groups excluding carboxylic acids is 1. The molecule has 16 heteroatoms. The van der Waals surface area contributed by atoms with Crippen LogP contribution in [0, 0.1) is 0 Å². The second kappa shape index (κ2) is 20.9. The lowest BCUT2D eigenvalue weighted by Gasteiger charge is -2.34. The lowest BCUT2D eigenvalue weighted by atomic mass is 9.88. The Hall–Kier alpha value is -4.57. The molecule has 4 N–H and O–H groups in total. The van der Waals surface area contributed by atoms with E-state index in [1.165, 1.54) is 5.56 Å². The predicted molar refractivity (Wildman–Crippen MR) is 222 cm³/mol. The van der Waals surface area contributed by atoms with Crippen LogP contribution in [-0.2, 0) is 25.6 Å². The van der Waals surface area contributed by atoms with Crippen molar-refractivity contribution in [2.24, 2.45) is 0 Å². The first kappa shape index (κ1) is 46.1. The van der Waals surface area contributed by atoms with Gasteiger partial charge in [-0.15, -0.1) is 0 Å². The zero-order valence-corrected chi connectivity index (χ0v) is 35.0. The molecule has 0 bridgehead atoms. The highest BCUT2D eigenvalue weighted by atomic mass is 35.5. The van der Waals surface area contributed by atoms with Crippen molar-refractivity contribution in [2.45, 2.75) is 54.4 Å². The summed E-state index contributed by atoms with van der Waals surface area (Å²) in [5.41, 5.74) is 0.00348. The zero-order valence-electron chi connectivity index (χ0n) is 32.7. The highest BCUT2D eigenvalue weighted by Crippen LogP contribution is 2.39. The van der Waals surface area contributed by atoms with Crippen molar-refractivity contribution >= 4 is 69.0 Å². The molecule has 1 aliphatic heterocycles. The molecule has 4 aromatic rings. The summed E-state index contributed by atoms with van der Waals surface area (Å²) in [6.07, 6.45) is 2.35. The molecule has 0 unspecified atom stereocenters. The van der Waals surface area contributed by atoms with Gasteiger partial charge in [0.25, 0.3) is 5.91 Å². The monoisotopic (exact) mass is 858 g/mol. The quantitative estimate of drug-likeness (QED) is 0.0864. The number of rotatable bonds is 16. The number of carboxylic acids is 3. The third kappa shape index (κ3) is 11.8. The average Bonchev–Trinajstić information content (AvgIpc) is 3.19. The van der Waals surface area contributed by atoms with Gasteiger partial charge in [0, 0.05) is 25.1 Å². The maximum Gasteiger partial charge on any atom is 0.336 e. The van der Waals surface area contributed by atoms with Gasteiger partial charge in [0.15, 0.2) is 22.0 Å². The molecule has 1 amide bonds. The highest BCUT2D eigenvalue weighted by molar-refractivity contribution is 7.90. The van der Waals surface area contributed by atoms with Crippen LogP contribution in [0.2, 0.25) is 10.0 Å². The number of carboxylic acid groups (broad SMARTS) is 3. The van der Waals surface area contributed by atoms with Crippen molar-refractivity contribution < 1.29 is 53.6 Å². The van der Waals surface area contributed by atoms with E-state index in [1.54, 1.807) is 25.4 Å². The lowest BCUT2D eigenvalue weighted by Crippen LogP contribution is -2.42. The van der Waals surface area contributed by atoms with Crippen molar-refractivity contribution in [1.82, 2.24) is 9.80 Å². The predicted octanol–water partition coefficient (Wildman–Crippen LogP) is 6.78. The minimum absolute atomic E-state index is 0.0255. The van der Waals surface area contributed by atoms with E-state index in [-0.39, 0.29) is 11.8 Å². The summed E-state index contributed by atoms with van der Waals surface area (Å²) in [5, 5.41) is 36.5. The number of benzene rings is 4. The first-order valence-corrected chi connectivity index (χ1v) is 20.7. The third-order valence-electron chi connectivity index (χ3n) is 10.2. The first-order valence-electron chi connectivity index (χ1n) is 18.4. The van der Waals surface area contributed by atoms with Crippen LogP contribution in [0.4, 0.5) is 0 Å². The van der Waals surface area contributed by atoms with Gasteiger partial charge in [-0.25, -0.2) is 4.79 Å². The van der Waals surface area contributed by atoms with Gasteiger partial charge >= 0.3 is 17.9 Å². The Balaban J connectivity index is 0.000000492. The maximum atomic E-state index is 14.2. The van der Waals surface area contributed by atoms with Crippen LogP contribution in [0.5, 0.6) is 11.5 Å². The summed E-state index contributed by atoms with van der Waals surface area (Å²) in [5.74, 6) is -3.78. The Bertz CT molecular complexity index is 2080. The fourth-order valence-corrected chi connectivity index (χ4v) is 8.35.